The first-order valence-corrected chi connectivity index (χ1v) is 8.95. The Morgan fingerprint density at radius 2 is 1.74 bits per heavy atom. The van der Waals surface area contributed by atoms with Crippen LogP contribution in [0.25, 0.3) is 5.76 Å². The van der Waals surface area contributed by atoms with Gasteiger partial charge in [-0.25, -0.2) is 5.26 Å². The second-order valence-electron chi connectivity index (χ2n) is 5.79. The van der Waals surface area contributed by atoms with Crippen molar-refractivity contribution >= 4 is 14.1 Å². The molecule has 1 aromatic carbocycles. The molecule has 0 radical (unpaired) electrons. The second-order valence-corrected chi connectivity index (χ2v) is 10.5. The van der Waals surface area contributed by atoms with E-state index in [0.29, 0.717) is 5.76 Å². The first-order chi connectivity index (χ1) is 8.28. The van der Waals surface area contributed by atoms with Gasteiger partial charge in [0.05, 0.1) is 0 Å². The summed E-state index contributed by atoms with van der Waals surface area (Å²) in [6.45, 7) is 10.8. The third kappa shape index (κ3) is 4.92. The summed E-state index contributed by atoms with van der Waals surface area (Å²) >= 11 is 0. The number of nitrogens with zero attached hydrogens (tertiary/aromatic N) is 1. The minimum atomic E-state index is -1.94. The van der Waals surface area contributed by atoms with E-state index in [1.54, 1.807) is 0 Å². The van der Waals surface area contributed by atoms with Crippen LogP contribution in [0.15, 0.2) is 30.3 Å². The van der Waals surface area contributed by atoms with Crippen molar-refractivity contribution in [3.63, 3.8) is 0 Å². The molecule has 1 rings (SSSR count). The van der Waals surface area contributed by atoms with E-state index in [9.17, 15) is 0 Å². The standard InChI is InChI=1S/C15H20NOSi.Li/c1-15(2,3)18(4,5)17-14(11-12-16)13-9-7-6-8-10-13;/h6-10H,1-5H3;/q-1;+1. The van der Waals surface area contributed by atoms with E-state index >= 15 is 0 Å². The zero-order valence-corrected chi connectivity index (χ0v) is 13.7. The van der Waals surface area contributed by atoms with Crippen molar-refractivity contribution in [2.75, 3.05) is 0 Å². The molecule has 0 atom stereocenters. The molecule has 0 amide bonds. The topological polar surface area (TPSA) is 33.0 Å². The van der Waals surface area contributed by atoms with Crippen molar-refractivity contribution in [2.45, 2.75) is 38.9 Å². The zero-order valence-electron chi connectivity index (χ0n) is 12.7. The van der Waals surface area contributed by atoms with Gasteiger partial charge < -0.3 is 4.43 Å². The summed E-state index contributed by atoms with van der Waals surface area (Å²) in [5.74, 6) is 0.560. The molecule has 4 heteroatoms. The molecule has 0 bridgehead atoms. The number of nitriles is 1. The summed E-state index contributed by atoms with van der Waals surface area (Å²) in [6, 6.07) is 11.6. The third-order valence-electron chi connectivity index (χ3n) is 3.37. The van der Waals surface area contributed by atoms with Crippen LogP contribution in [0.5, 0.6) is 0 Å². The van der Waals surface area contributed by atoms with E-state index in [4.69, 9.17) is 9.69 Å². The Hall–Kier alpha value is -0.936. The molecule has 1 aromatic rings. The summed E-state index contributed by atoms with van der Waals surface area (Å²) in [5.41, 5.74) is 0.906. The van der Waals surface area contributed by atoms with E-state index in [1.165, 1.54) is 0 Å². The normalized spacial score (nSPS) is 12.3. The van der Waals surface area contributed by atoms with Crippen LogP contribution in [-0.2, 0) is 4.43 Å². The van der Waals surface area contributed by atoms with Gasteiger partial charge in [0, 0.05) is 0 Å². The van der Waals surface area contributed by atoms with Crippen molar-refractivity contribution in [3.05, 3.63) is 42.0 Å². The molecular formula is C15H20LiNOSi. The van der Waals surface area contributed by atoms with Gasteiger partial charge in [-0.2, -0.15) is 0 Å². The van der Waals surface area contributed by atoms with Crippen LogP contribution in [0.1, 0.15) is 26.3 Å². The fourth-order valence-corrected chi connectivity index (χ4v) is 2.19. The maximum absolute atomic E-state index is 8.85. The maximum Gasteiger partial charge on any atom is 1.00 e. The van der Waals surface area contributed by atoms with E-state index in [2.05, 4.69) is 39.9 Å². The fraction of sp³-hybridized carbons (Fsp3) is 0.400. The van der Waals surface area contributed by atoms with Crippen LogP contribution in [-0.4, -0.2) is 8.32 Å². The number of allylic oxidation sites excluding steroid dienone is 1. The summed E-state index contributed by atoms with van der Waals surface area (Å²) in [6.07, 6.45) is 2.66. The first kappa shape index (κ1) is 18.1. The monoisotopic (exact) mass is 265 g/mol. The van der Waals surface area contributed by atoms with Crippen LogP contribution in [0.2, 0.25) is 18.1 Å². The number of benzene rings is 1. The molecule has 0 aromatic heterocycles. The van der Waals surface area contributed by atoms with E-state index < -0.39 is 8.32 Å². The van der Waals surface area contributed by atoms with Gasteiger partial charge in [0.15, 0.2) is 0 Å². The Bertz CT molecular complexity index is 469. The molecule has 0 saturated heterocycles. The van der Waals surface area contributed by atoms with Gasteiger partial charge in [0.2, 0.25) is 8.32 Å². The molecule has 0 fully saturated rings. The third-order valence-corrected chi connectivity index (χ3v) is 7.70. The zero-order chi connectivity index (χ0) is 13.8. The Morgan fingerprint density at radius 3 is 2.16 bits per heavy atom. The second kappa shape index (κ2) is 7.01. The molecular weight excluding hydrogens is 245 g/mol. The molecule has 0 aliphatic heterocycles. The Morgan fingerprint density at radius 1 is 1.21 bits per heavy atom. The largest absolute Gasteiger partial charge is 1.00 e. The summed E-state index contributed by atoms with van der Waals surface area (Å²) in [5, 5.41) is 8.95. The molecule has 0 aliphatic carbocycles. The van der Waals surface area contributed by atoms with Crippen molar-refractivity contribution < 1.29 is 23.3 Å². The predicted octanol–water partition coefficient (Wildman–Crippen LogP) is 1.38. The molecule has 0 spiro atoms. The number of hydrogen-bond donors (Lipinski definition) is 0. The minimum Gasteiger partial charge on any atom is -0.575 e. The molecule has 0 aliphatic rings. The van der Waals surface area contributed by atoms with Crippen molar-refractivity contribution in [2.24, 2.45) is 0 Å². The van der Waals surface area contributed by atoms with Crippen LogP contribution in [0, 0.1) is 17.4 Å². The summed E-state index contributed by atoms with van der Waals surface area (Å²) in [4.78, 5) is 0. The smallest absolute Gasteiger partial charge is 0.575 e. The first-order valence-electron chi connectivity index (χ1n) is 6.04. The molecule has 0 unspecified atom stereocenters. The predicted molar refractivity (Wildman–Crippen MR) is 77.0 cm³/mol. The average molecular weight is 265 g/mol. The maximum atomic E-state index is 8.85. The van der Waals surface area contributed by atoms with Gasteiger partial charge in [-0.15, -0.1) is 23.8 Å². The van der Waals surface area contributed by atoms with Gasteiger partial charge in [-0.1, -0.05) is 44.7 Å². The number of rotatable bonds is 3. The molecule has 19 heavy (non-hydrogen) atoms. The van der Waals surface area contributed by atoms with Gasteiger partial charge >= 0.3 is 18.9 Å². The summed E-state index contributed by atoms with van der Waals surface area (Å²) < 4.78 is 6.15. The SMILES string of the molecule is CC(C)(C)[Si](C)(C)OC(=[C-]C#N)c1ccccc1.[Li+]. The van der Waals surface area contributed by atoms with Gasteiger partial charge in [-0.3, -0.25) is 0 Å². The Labute approximate surface area is 129 Å². The van der Waals surface area contributed by atoms with Crippen LogP contribution in [0.3, 0.4) is 0 Å². The Balaban J connectivity index is 0.00000324. The fourth-order valence-electron chi connectivity index (χ4n) is 1.21. The van der Waals surface area contributed by atoms with E-state index in [-0.39, 0.29) is 23.9 Å². The van der Waals surface area contributed by atoms with Crippen molar-refractivity contribution in [3.8, 4) is 6.07 Å². The minimum absolute atomic E-state index is 0. The average Bonchev–Trinajstić information content (AvgIpc) is 2.28. The van der Waals surface area contributed by atoms with Gasteiger partial charge in [0.1, 0.15) is 0 Å². The van der Waals surface area contributed by atoms with Gasteiger partial charge in [-0.05, 0) is 24.2 Å². The molecule has 2 nitrogen and oxygen atoms in total. The molecule has 0 heterocycles. The van der Waals surface area contributed by atoms with Crippen LogP contribution < -0.4 is 18.9 Å². The molecule has 96 valence electrons. The molecule has 0 N–H and O–H groups in total. The Kier molecular flexibility index (Phi) is 6.66. The molecule has 0 saturated carbocycles. The summed E-state index contributed by atoms with van der Waals surface area (Å²) in [7, 11) is -1.94. The number of hydrogen-bond acceptors (Lipinski definition) is 2. The van der Waals surface area contributed by atoms with E-state index in [1.807, 2.05) is 36.4 Å². The van der Waals surface area contributed by atoms with Crippen molar-refractivity contribution in [1.82, 2.24) is 0 Å². The quantitative estimate of drug-likeness (QED) is 0.358. The van der Waals surface area contributed by atoms with Gasteiger partial charge in [0.25, 0.3) is 0 Å². The van der Waals surface area contributed by atoms with E-state index in [0.717, 1.165) is 5.56 Å². The van der Waals surface area contributed by atoms with Crippen molar-refractivity contribution in [1.29, 1.82) is 5.26 Å². The van der Waals surface area contributed by atoms with Crippen LogP contribution in [0.4, 0.5) is 0 Å². The van der Waals surface area contributed by atoms with Crippen LogP contribution >= 0.6 is 0 Å².